The lowest BCUT2D eigenvalue weighted by molar-refractivity contribution is 0.414. The topological polar surface area (TPSA) is 56.9 Å². The summed E-state index contributed by atoms with van der Waals surface area (Å²) in [5.74, 6) is 0.812. The summed E-state index contributed by atoms with van der Waals surface area (Å²) in [7, 11) is 1.66. The molecule has 0 aliphatic rings. The first-order chi connectivity index (χ1) is 15.5. The lowest BCUT2D eigenvalue weighted by Crippen LogP contribution is -2.14. The number of nitrogens with zero attached hydrogens (tertiary/aromatic N) is 4. The molecule has 0 radical (unpaired) electrons. The summed E-state index contributed by atoms with van der Waals surface area (Å²) < 4.78 is 9.21. The van der Waals surface area contributed by atoms with Gasteiger partial charge in [-0.25, -0.2) is 4.68 Å². The zero-order valence-electron chi connectivity index (χ0n) is 18.9. The van der Waals surface area contributed by atoms with E-state index in [9.17, 15) is 0 Å². The van der Waals surface area contributed by atoms with E-state index >= 15 is 0 Å². The number of rotatable bonds is 8. The number of nitrogens with one attached hydrogen (secondary N) is 1. The van der Waals surface area contributed by atoms with Gasteiger partial charge >= 0.3 is 0 Å². The molecule has 0 amide bonds. The molecule has 0 atom stereocenters. The van der Waals surface area contributed by atoms with Crippen molar-refractivity contribution in [3.05, 3.63) is 82.3 Å². The first-order valence-electron chi connectivity index (χ1n) is 10.7. The van der Waals surface area contributed by atoms with Crippen molar-refractivity contribution in [1.82, 2.24) is 24.9 Å². The zero-order chi connectivity index (χ0) is 22.7. The smallest absolute Gasteiger partial charge is 0.119 e. The maximum absolute atomic E-state index is 6.52. The molecule has 0 aliphatic heterocycles. The van der Waals surface area contributed by atoms with Crippen LogP contribution in [0.15, 0.2) is 54.7 Å². The van der Waals surface area contributed by atoms with Crippen LogP contribution in [-0.4, -0.2) is 26.7 Å². The number of ether oxygens (including phenoxy) is 1. The standard InChI is InChI=1S/C25H28ClN5O/c1-5-30-18(3)23(17(2)28-30)15-27-14-19-16-31(20-10-12-21(32-4)13-11-20)29-25(19)22-8-6-7-9-24(22)26/h6-13,16,27H,5,14-15H2,1-4H3. The second-order valence-corrected chi connectivity index (χ2v) is 8.10. The van der Waals surface area contributed by atoms with Crippen LogP contribution in [0.4, 0.5) is 0 Å². The number of hydrogen-bond donors (Lipinski definition) is 1. The number of halogens is 1. The molecule has 0 unspecified atom stereocenters. The fourth-order valence-corrected chi connectivity index (χ4v) is 4.13. The highest BCUT2D eigenvalue weighted by molar-refractivity contribution is 6.33. The largest absolute Gasteiger partial charge is 0.497 e. The fraction of sp³-hybridized carbons (Fsp3) is 0.280. The van der Waals surface area contributed by atoms with E-state index in [0.717, 1.165) is 47.0 Å². The molecule has 2 aromatic carbocycles. The summed E-state index contributed by atoms with van der Waals surface area (Å²) in [5.41, 5.74) is 7.35. The Morgan fingerprint density at radius 3 is 2.41 bits per heavy atom. The molecule has 0 spiro atoms. The van der Waals surface area contributed by atoms with Gasteiger partial charge in [0, 0.05) is 48.2 Å². The van der Waals surface area contributed by atoms with Crippen LogP contribution in [0.3, 0.4) is 0 Å². The minimum Gasteiger partial charge on any atom is -0.497 e. The Bertz CT molecular complexity index is 1210. The van der Waals surface area contributed by atoms with Gasteiger partial charge in [0.05, 0.1) is 29.2 Å². The lowest BCUT2D eigenvalue weighted by atomic mass is 10.1. The highest BCUT2D eigenvalue weighted by Crippen LogP contribution is 2.30. The highest BCUT2D eigenvalue weighted by Gasteiger charge is 2.16. The van der Waals surface area contributed by atoms with Crippen LogP contribution < -0.4 is 10.1 Å². The van der Waals surface area contributed by atoms with Crippen LogP contribution in [0.5, 0.6) is 5.75 Å². The number of methoxy groups -OCH3 is 1. The van der Waals surface area contributed by atoms with Crippen LogP contribution in [0, 0.1) is 13.8 Å². The summed E-state index contributed by atoms with van der Waals surface area (Å²) in [6, 6.07) is 15.7. The Morgan fingerprint density at radius 2 is 1.75 bits per heavy atom. The van der Waals surface area contributed by atoms with Crippen molar-refractivity contribution in [3.8, 4) is 22.7 Å². The van der Waals surface area contributed by atoms with E-state index in [1.165, 1.54) is 11.3 Å². The number of hydrogen-bond acceptors (Lipinski definition) is 4. The van der Waals surface area contributed by atoms with Crippen molar-refractivity contribution in [3.63, 3.8) is 0 Å². The Balaban J connectivity index is 1.63. The third-order valence-electron chi connectivity index (χ3n) is 5.70. The van der Waals surface area contributed by atoms with Gasteiger partial charge in [-0.15, -0.1) is 0 Å². The van der Waals surface area contributed by atoms with Gasteiger partial charge in [-0.2, -0.15) is 10.2 Å². The molecule has 1 N–H and O–H groups in total. The van der Waals surface area contributed by atoms with E-state index in [1.54, 1.807) is 7.11 Å². The average molecular weight is 450 g/mol. The van der Waals surface area contributed by atoms with Gasteiger partial charge in [0.1, 0.15) is 5.75 Å². The van der Waals surface area contributed by atoms with E-state index in [2.05, 4.69) is 37.4 Å². The van der Waals surface area contributed by atoms with Crippen molar-refractivity contribution < 1.29 is 4.74 Å². The van der Waals surface area contributed by atoms with Crippen molar-refractivity contribution >= 4 is 11.6 Å². The van der Waals surface area contributed by atoms with Gasteiger partial charge in [0.2, 0.25) is 0 Å². The second kappa shape index (κ2) is 9.59. The predicted octanol–water partition coefficient (Wildman–Crippen LogP) is 5.32. The molecule has 32 heavy (non-hydrogen) atoms. The van der Waals surface area contributed by atoms with E-state index < -0.39 is 0 Å². The van der Waals surface area contributed by atoms with Crippen LogP contribution >= 0.6 is 11.6 Å². The quantitative estimate of drug-likeness (QED) is 0.395. The molecule has 2 aromatic heterocycles. The fourth-order valence-electron chi connectivity index (χ4n) is 3.91. The van der Waals surface area contributed by atoms with Gasteiger partial charge in [-0.1, -0.05) is 29.8 Å². The van der Waals surface area contributed by atoms with Crippen LogP contribution in [0.1, 0.15) is 29.4 Å². The molecule has 166 valence electrons. The minimum atomic E-state index is 0.660. The van der Waals surface area contributed by atoms with E-state index in [-0.39, 0.29) is 0 Å². The Kier molecular flexibility index (Phi) is 6.63. The van der Waals surface area contributed by atoms with Crippen molar-refractivity contribution in [2.75, 3.05) is 7.11 Å². The van der Waals surface area contributed by atoms with Crippen LogP contribution in [-0.2, 0) is 19.6 Å². The minimum absolute atomic E-state index is 0.660. The molecule has 0 fully saturated rings. The summed E-state index contributed by atoms with van der Waals surface area (Å²) in [6.45, 7) is 8.57. The third kappa shape index (κ3) is 4.42. The molecular weight excluding hydrogens is 422 g/mol. The maximum Gasteiger partial charge on any atom is 0.119 e. The first-order valence-corrected chi connectivity index (χ1v) is 11.1. The molecule has 6 nitrogen and oxygen atoms in total. The number of aryl methyl sites for hydroxylation is 2. The summed E-state index contributed by atoms with van der Waals surface area (Å²) >= 11 is 6.52. The zero-order valence-corrected chi connectivity index (χ0v) is 19.6. The SMILES string of the molecule is CCn1nc(C)c(CNCc2cn(-c3ccc(OC)cc3)nc2-c2ccccc2Cl)c1C. The van der Waals surface area contributed by atoms with Crippen LogP contribution in [0.2, 0.25) is 5.02 Å². The molecule has 0 saturated heterocycles. The number of benzene rings is 2. The number of aromatic nitrogens is 4. The van der Waals surface area contributed by atoms with Gasteiger partial charge in [0.25, 0.3) is 0 Å². The van der Waals surface area contributed by atoms with E-state index in [4.69, 9.17) is 21.4 Å². The van der Waals surface area contributed by atoms with Crippen molar-refractivity contribution in [2.24, 2.45) is 0 Å². The molecule has 0 bridgehead atoms. The summed E-state index contributed by atoms with van der Waals surface area (Å²) in [6.07, 6.45) is 2.06. The Labute approximate surface area is 193 Å². The average Bonchev–Trinajstić information content (AvgIpc) is 3.35. The van der Waals surface area contributed by atoms with Crippen LogP contribution in [0.25, 0.3) is 16.9 Å². The summed E-state index contributed by atoms with van der Waals surface area (Å²) in [4.78, 5) is 0. The normalized spacial score (nSPS) is 11.2. The highest BCUT2D eigenvalue weighted by atomic mass is 35.5. The molecule has 2 heterocycles. The first kappa shape index (κ1) is 22.1. The molecule has 0 aliphatic carbocycles. The molecule has 4 rings (SSSR count). The Morgan fingerprint density at radius 1 is 1.00 bits per heavy atom. The van der Waals surface area contributed by atoms with Crippen molar-refractivity contribution in [2.45, 2.75) is 40.4 Å². The third-order valence-corrected chi connectivity index (χ3v) is 6.03. The Hall–Kier alpha value is -3.09. The lowest BCUT2D eigenvalue weighted by Gasteiger charge is -2.07. The maximum atomic E-state index is 6.52. The van der Waals surface area contributed by atoms with Gasteiger partial charge in [-0.05, 0) is 51.1 Å². The predicted molar refractivity (Wildman–Crippen MR) is 128 cm³/mol. The monoisotopic (exact) mass is 449 g/mol. The van der Waals surface area contributed by atoms with Gasteiger partial charge in [-0.3, -0.25) is 4.68 Å². The van der Waals surface area contributed by atoms with Gasteiger partial charge in [0.15, 0.2) is 0 Å². The molecular formula is C25H28ClN5O. The van der Waals surface area contributed by atoms with E-state index in [0.29, 0.717) is 11.6 Å². The second-order valence-electron chi connectivity index (χ2n) is 7.69. The van der Waals surface area contributed by atoms with Gasteiger partial charge < -0.3 is 10.1 Å². The molecule has 7 heteroatoms. The molecule has 0 saturated carbocycles. The summed E-state index contributed by atoms with van der Waals surface area (Å²) in [5, 5.41) is 13.8. The van der Waals surface area contributed by atoms with E-state index in [1.807, 2.05) is 57.9 Å². The molecule has 4 aromatic rings. The van der Waals surface area contributed by atoms with Crippen molar-refractivity contribution in [1.29, 1.82) is 0 Å².